The summed E-state index contributed by atoms with van der Waals surface area (Å²) in [6, 6.07) is -0.419. The molecule has 0 saturated carbocycles. The largest absolute Gasteiger partial charge is 0.382 e. The highest BCUT2D eigenvalue weighted by Crippen LogP contribution is 2.29. The highest BCUT2D eigenvalue weighted by molar-refractivity contribution is 6.29. The molecule has 0 aromatic rings. The number of rotatable bonds is 11. The van der Waals surface area contributed by atoms with E-state index in [9.17, 15) is 14.0 Å². The molecule has 1 fully saturated rings. The molecule has 8 nitrogen and oxygen atoms in total. The molecule has 0 aromatic carbocycles. The van der Waals surface area contributed by atoms with E-state index in [1.807, 2.05) is 52.8 Å². The van der Waals surface area contributed by atoms with Crippen molar-refractivity contribution in [1.29, 1.82) is 0 Å². The van der Waals surface area contributed by atoms with Crippen LogP contribution in [0.2, 0.25) is 0 Å². The Labute approximate surface area is 269 Å². The van der Waals surface area contributed by atoms with Crippen molar-refractivity contribution in [3.63, 3.8) is 0 Å². The van der Waals surface area contributed by atoms with Gasteiger partial charge in [0, 0.05) is 47.1 Å². The Morgan fingerprint density at radius 3 is 2.58 bits per heavy atom. The molecule has 240 valence electrons. The summed E-state index contributed by atoms with van der Waals surface area (Å²) < 4.78 is 29.6. The molecule has 0 spiro atoms. The first kappa shape index (κ1) is 35.2. The Kier molecular flexibility index (Phi) is 13.0. The number of ketones is 1. The number of amides is 2. The van der Waals surface area contributed by atoms with E-state index in [4.69, 9.17) is 11.6 Å². The summed E-state index contributed by atoms with van der Waals surface area (Å²) in [5.41, 5.74) is 2.14. The molecule has 1 saturated heterocycles. The van der Waals surface area contributed by atoms with Crippen molar-refractivity contribution in [1.82, 2.24) is 20.4 Å². The third kappa shape index (κ3) is 9.59. The van der Waals surface area contributed by atoms with Gasteiger partial charge >= 0.3 is 6.03 Å². The average Bonchev–Trinajstić information content (AvgIpc) is 3.00. The second-order valence-corrected chi connectivity index (χ2v) is 11.1. The predicted octanol–water partition coefficient (Wildman–Crippen LogP) is 7.76. The second-order valence-electron chi connectivity index (χ2n) is 10.6. The van der Waals surface area contributed by atoms with Crippen LogP contribution >= 0.6 is 11.6 Å². The minimum absolute atomic E-state index is 0.0196. The molecule has 3 rings (SSSR count). The SMILES string of the molecule is C=C1N(CC(=C\CC)/N=C/C=C\C)C(=O)NC(=NC2=C/C(=C/C)C(NC(C)CC)=CC2=O)N1CC1=C(F)/C=C(/F)CCC(Cl)=C1. The van der Waals surface area contributed by atoms with Crippen molar-refractivity contribution >= 4 is 35.6 Å². The fourth-order valence-electron chi connectivity index (χ4n) is 4.49. The number of hydrogen-bond acceptors (Lipinski definition) is 5. The lowest BCUT2D eigenvalue weighted by Crippen LogP contribution is -2.58. The number of guanidine groups is 1. The third-order valence-corrected chi connectivity index (χ3v) is 7.45. The normalized spacial score (nSPS) is 22.4. The van der Waals surface area contributed by atoms with Crippen molar-refractivity contribution in [2.24, 2.45) is 9.98 Å². The number of allylic oxidation sites excluding steroid dienone is 10. The van der Waals surface area contributed by atoms with E-state index in [0.29, 0.717) is 17.8 Å². The Bertz CT molecular complexity index is 1510. The van der Waals surface area contributed by atoms with Gasteiger partial charge in [0.1, 0.15) is 23.2 Å². The Morgan fingerprint density at radius 1 is 1.16 bits per heavy atom. The Morgan fingerprint density at radius 2 is 1.91 bits per heavy atom. The maximum Gasteiger partial charge on any atom is 0.330 e. The first-order valence-electron chi connectivity index (χ1n) is 15.0. The number of nitrogens with zero attached hydrogens (tertiary/aromatic N) is 4. The molecular formula is C34H41ClF2N6O2. The molecular weight excluding hydrogens is 598 g/mol. The van der Waals surface area contributed by atoms with Gasteiger partial charge in [-0.15, -0.1) is 0 Å². The molecule has 1 atom stereocenters. The minimum Gasteiger partial charge on any atom is -0.382 e. The van der Waals surface area contributed by atoms with Crippen LogP contribution in [-0.4, -0.2) is 52.9 Å². The van der Waals surface area contributed by atoms with Gasteiger partial charge in [0.05, 0.1) is 18.8 Å². The number of hydrogen-bond donors (Lipinski definition) is 2. The second kappa shape index (κ2) is 16.7. The molecule has 1 heterocycles. The van der Waals surface area contributed by atoms with E-state index < -0.39 is 17.7 Å². The molecule has 2 N–H and O–H groups in total. The van der Waals surface area contributed by atoms with E-state index in [1.54, 1.807) is 18.4 Å². The van der Waals surface area contributed by atoms with Crippen molar-refractivity contribution in [3.8, 4) is 0 Å². The monoisotopic (exact) mass is 638 g/mol. The zero-order chi connectivity index (χ0) is 33.1. The van der Waals surface area contributed by atoms with Gasteiger partial charge in [-0.05, 0) is 63.8 Å². The van der Waals surface area contributed by atoms with Crippen LogP contribution in [0.1, 0.15) is 60.3 Å². The van der Waals surface area contributed by atoms with Crippen molar-refractivity contribution in [2.45, 2.75) is 66.3 Å². The smallest absolute Gasteiger partial charge is 0.330 e. The molecule has 2 aliphatic carbocycles. The lowest BCUT2D eigenvalue weighted by Gasteiger charge is -2.39. The number of carbonyl (C=O) groups excluding carboxylic acids is 2. The molecule has 0 bridgehead atoms. The summed E-state index contributed by atoms with van der Waals surface area (Å²) in [5.74, 6) is -1.73. The Balaban J connectivity index is 2.09. The van der Waals surface area contributed by atoms with Crippen LogP contribution < -0.4 is 10.6 Å². The summed E-state index contributed by atoms with van der Waals surface area (Å²) in [5, 5.41) is 6.34. The van der Waals surface area contributed by atoms with Gasteiger partial charge in [0.25, 0.3) is 0 Å². The highest BCUT2D eigenvalue weighted by atomic mass is 35.5. The van der Waals surface area contributed by atoms with E-state index >= 15 is 4.39 Å². The van der Waals surface area contributed by atoms with Crippen LogP contribution in [0, 0.1) is 0 Å². The molecule has 0 aromatic heterocycles. The van der Waals surface area contributed by atoms with E-state index in [1.165, 1.54) is 22.0 Å². The molecule has 0 radical (unpaired) electrons. The zero-order valence-electron chi connectivity index (χ0n) is 26.5. The number of nitrogens with one attached hydrogen (secondary N) is 2. The molecule has 1 aliphatic heterocycles. The third-order valence-electron chi connectivity index (χ3n) is 7.16. The zero-order valence-corrected chi connectivity index (χ0v) is 27.2. The minimum atomic E-state index is -0.823. The van der Waals surface area contributed by atoms with Crippen LogP contribution in [0.4, 0.5) is 13.6 Å². The first-order chi connectivity index (χ1) is 21.5. The Hall–Kier alpha value is -4.31. The lowest BCUT2D eigenvalue weighted by molar-refractivity contribution is -0.111. The van der Waals surface area contributed by atoms with Gasteiger partial charge < -0.3 is 5.32 Å². The predicted molar refractivity (Wildman–Crippen MR) is 179 cm³/mol. The van der Waals surface area contributed by atoms with Gasteiger partial charge in [-0.2, -0.15) is 0 Å². The fraction of sp³-hybridized carbons (Fsp3) is 0.353. The van der Waals surface area contributed by atoms with Crippen LogP contribution in [0.5, 0.6) is 0 Å². The van der Waals surface area contributed by atoms with Gasteiger partial charge in [0.2, 0.25) is 11.7 Å². The summed E-state index contributed by atoms with van der Waals surface area (Å²) in [7, 11) is 0. The maximum atomic E-state index is 15.3. The van der Waals surface area contributed by atoms with Gasteiger partial charge in [0.15, 0.2) is 0 Å². The van der Waals surface area contributed by atoms with Crippen LogP contribution in [0.3, 0.4) is 0 Å². The number of aliphatic imine (C=N–C) groups is 2. The number of halogens is 3. The first-order valence-corrected chi connectivity index (χ1v) is 15.4. The summed E-state index contributed by atoms with van der Waals surface area (Å²) >= 11 is 6.31. The molecule has 45 heavy (non-hydrogen) atoms. The maximum absolute atomic E-state index is 15.3. The highest BCUT2D eigenvalue weighted by Gasteiger charge is 2.34. The summed E-state index contributed by atoms with van der Waals surface area (Å²) in [6.07, 6.45) is 16.0. The summed E-state index contributed by atoms with van der Waals surface area (Å²) in [4.78, 5) is 38.5. The van der Waals surface area contributed by atoms with E-state index in [2.05, 4.69) is 27.2 Å². The quantitative estimate of drug-likeness (QED) is 0.226. The summed E-state index contributed by atoms with van der Waals surface area (Å²) in [6.45, 7) is 13.7. The average molecular weight is 639 g/mol. The van der Waals surface area contributed by atoms with Crippen molar-refractivity contribution in [3.05, 3.63) is 106 Å². The van der Waals surface area contributed by atoms with Gasteiger partial charge in [-0.3, -0.25) is 24.9 Å². The lowest BCUT2D eigenvalue weighted by atomic mass is 10.0. The van der Waals surface area contributed by atoms with Crippen LogP contribution in [0.15, 0.2) is 116 Å². The number of urea groups is 1. The molecule has 11 heteroatoms. The molecule has 2 amide bonds. The fourth-order valence-corrected chi connectivity index (χ4v) is 4.72. The topological polar surface area (TPSA) is 89.4 Å². The van der Waals surface area contributed by atoms with Crippen molar-refractivity contribution < 1.29 is 18.4 Å². The molecule has 3 aliphatic rings. The van der Waals surface area contributed by atoms with Gasteiger partial charge in [-0.25, -0.2) is 18.6 Å². The standard InChI is InChI=1S/C34H41ClF2N6O2/c1-7-11-15-38-28(12-8-2)21-43-23(6)42(20-25-16-26(35)13-14-27(36)18-29(25)37)33(41-34(43)45)40-31-17-24(10-4)30(19-32(31)44)39-22(5)9-3/h7,10-12,15-19,22,39H,6,8-9,13-14,20-21H2,1-5H3,(H,40,41,45)/b11-7-,24-10-,26-16?,27-18+,28-12+,29-25?,38-15+. The van der Waals surface area contributed by atoms with Crippen LogP contribution in [0.25, 0.3) is 0 Å². The molecule has 1 unspecified atom stereocenters. The van der Waals surface area contributed by atoms with Crippen molar-refractivity contribution in [2.75, 3.05) is 13.1 Å². The van der Waals surface area contributed by atoms with Gasteiger partial charge in [-0.1, -0.05) is 50.3 Å². The van der Waals surface area contributed by atoms with E-state index in [0.717, 1.165) is 18.1 Å². The van der Waals surface area contributed by atoms with E-state index in [-0.39, 0.29) is 65.8 Å². The van der Waals surface area contributed by atoms with Crippen LogP contribution in [-0.2, 0) is 4.79 Å². The number of carbonyl (C=O) groups is 2.